The summed E-state index contributed by atoms with van der Waals surface area (Å²) in [5.41, 5.74) is 0.392. The predicted octanol–water partition coefficient (Wildman–Crippen LogP) is 1.37. The van der Waals surface area contributed by atoms with E-state index >= 15 is 0 Å². The van der Waals surface area contributed by atoms with Crippen molar-refractivity contribution in [2.24, 2.45) is 0 Å². The Kier molecular flexibility index (Phi) is 8.90. The van der Waals surface area contributed by atoms with Crippen molar-refractivity contribution >= 4 is 40.8 Å². The summed E-state index contributed by atoms with van der Waals surface area (Å²) in [5.74, 6) is -1.63. The molecule has 0 spiro atoms. The van der Waals surface area contributed by atoms with Crippen LogP contribution in [0.25, 0.3) is 0 Å². The minimum Gasteiger partial charge on any atom is -0.480 e. The number of ether oxygens (including phenoxy) is 1. The number of carboxylic acid groups (broad SMARTS) is 1. The molecule has 7 nitrogen and oxygen atoms in total. The second-order valence-corrected chi connectivity index (χ2v) is 5.46. The van der Waals surface area contributed by atoms with E-state index in [4.69, 9.17) is 38.2 Å². The fourth-order valence-electron chi connectivity index (χ4n) is 1.74. The number of hydrogen-bond donors (Lipinski definition) is 4. The summed E-state index contributed by atoms with van der Waals surface area (Å²) in [6.07, 6.45) is -0.264. The van der Waals surface area contributed by atoms with E-state index in [1.54, 1.807) is 0 Å². The molecule has 1 unspecified atom stereocenters. The molecule has 0 aliphatic heterocycles. The number of rotatable bonds is 10. The highest BCUT2D eigenvalue weighted by molar-refractivity contribution is 6.35. The first-order valence-corrected chi connectivity index (χ1v) is 7.58. The first-order chi connectivity index (χ1) is 10.9. The lowest BCUT2D eigenvalue weighted by atomic mass is 10.2. The molecular weight excluding hydrogens is 347 g/mol. The average Bonchev–Trinajstić information content (AvgIpc) is 2.44. The number of carbonyl (C=O) groups excluding carboxylic acids is 1. The van der Waals surface area contributed by atoms with Crippen LogP contribution in [0.3, 0.4) is 0 Å². The molecule has 23 heavy (non-hydrogen) atoms. The monoisotopic (exact) mass is 364 g/mol. The van der Waals surface area contributed by atoms with Crippen LogP contribution < -0.4 is 10.6 Å². The summed E-state index contributed by atoms with van der Waals surface area (Å²) < 4.78 is 5.00. The van der Waals surface area contributed by atoms with Gasteiger partial charge in [-0.05, 0) is 18.2 Å². The SMILES string of the molecule is O=C(CC(NCCOCCO)C(=O)O)Nc1cc(Cl)cc(Cl)c1. The van der Waals surface area contributed by atoms with Gasteiger partial charge < -0.3 is 25.6 Å². The van der Waals surface area contributed by atoms with Crippen LogP contribution in [0.4, 0.5) is 5.69 Å². The third-order valence-electron chi connectivity index (χ3n) is 2.71. The minimum atomic E-state index is -1.15. The molecule has 4 N–H and O–H groups in total. The highest BCUT2D eigenvalue weighted by atomic mass is 35.5. The number of amides is 1. The Morgan fingerprint density at radius 3 is 2.39 bits per heavy atom. The van der Waals surface area contributed by atoms with Crippen LogP contribution in [0.2, 0.25) is 10.0 Å². The summed E-state index contributed by atoms with van der Waals surface area (Å²) in [7, 11) is 0. The molecule has 0 aliphatic carbocycles. The lowest BCUT2D eigenvalue weighted by molar-refractivity contribution is -0.141. The van der Waals surface area contributed by atoms with Gasteiger partial charge in [0.1, 0.15) is 6.04 Å². The number of carbonyl (C=O) groups is 2. The van der Waals surface area contributed by atoms with Crippen molar-refractivity contribution < 1.29 is 24.5 Å². The molecule has 0 aliphatic rings. The van der Waals surface area contributed by atoms with E-state index in [2.05, 4.69) is 10.6 Å². The maximum absolute atomic E-state index is 11.9. The van der Waals surface area contributed by atoms with Crippen molar-refractivity contribution in [3.05, 3.63) is 28.2 Å². The fraction of sp³-hybridized carbons (Fsp3) is 0.429. The summed E-state index contributed by atoms with van der Waals surface area (Å²) >= 11 is 11.7. The number of anilines is 1. The van der Waals surface area contributed by atoms with Gasteiger partial charge in [0.2, 0.25) is 5.91 Å². The Bertz CT molecular complexity index is 522. The van der Waals surface area contributed by atoms with Crippen molar-refractivity contribution in [2.75, 3.05) is 31.7 Å². The summed E-state index contributed by atoms with van der Waals surface area (Å²) in [4.78, 5) is 23.1. The summed E-state index contributed by atoms with van der Waals surface area (Å²) in [5, 5.41) is 23.6. The van der Waals surface area contributed by atoms with E-state index in [9.17, 15) is 9.59 Å². The topological polar surface area (TPSA) is 108 Å². The van der Waals surface area contributed by atoms with Crippen LogP contribution in [0.5, 0.6) is 0 Å². The fourth-order valence-corrected chi connectivity index (χ4v) is 2.27. The number of aliphatic hydroxyl groups excluding tert-OH is 1. The van der Waals surface area contributed by atoms with Gasteiger partial charge in [0.25, 0.3) is 0 Å². The number of benzene rings is 1. The van der Waals surface area contributed by atoms with Crippen LogP contribution in [0.15, 0.2) is 18.2 Å². The van der Waals surface area contributed by atoms with E-state index in [1.165, 1.54) is 18.2 Å². The smallest absolute Gasteiger partial charge is 0.321 e. The van der Waals surface area contributed by atoms with Gasteiger partial charge in [0.15, 0.2) is 0 Å². The second-order valence-electron chi connectivity index (χ2n) is 4.59. The Morgan fingerprint density at radius 1 is 1.17 bits per heavy atom. The van der Waals surface area contributed by atoms with Gasteiger partial charge in [-0.15, -0.1) is 0 Å². The van der Waals surface area contributed by atoms with Gasteiger partial charge in [-0.25, -0.2) is 0 Å². The standard InChI is InChI=1S/C14H18Cl2N2O5/c15-9-5-10(16)7-11(6-9)18-13(20)8-12(14(21)22)17-1-3-23-4-2-19/h5-7,12,17,19H,1-4,8H2,(H,18,20)(H,21,22). The zero-order valence-corrected chi connectivity index (χ0v) is 13.7. The molecule has 0 heterocycles. The minimum absolute atomic E-state index is 0.104. The first-order valence-electron chi connectivity index (χ1n) is 6.83. The third kappa shape index (κ3) is 8.15. The Hall–Kier alpha value is -1.38. The molecule has 128 valence electrons. The first kappa shape index (κ1) is 19.7. The van der Waals surface area contributed by atoms with Crippen molar-refractivity contribution in [3.8, 4) is 0 Å². The molecule has 1 aromatic carbocycles. The van der Waals surface area contributed by atoms with Gasteiger partial charge in [-0.3, -0.25) is 9.59 Å². The third-order valence-corrected chi connectivity index (χ3v) is 3.14. The van der Waals surface area contributed by atoms with Crippen LogP contribution in [0.1, 0.15) is 6.42 Å². The Morgan fingerprint density at radius 2 is 1.83 bits per heavy atom. The zero-order chi connectivity index (χ0) is 17.2. The highest BCUT2D eigenvalue weighted by Gasteiger charge is 2.20. The molecule has 1 atom stereocenters. The highest BCUT2D eigenvalue weighted by Crippen LogP contribution is 2.22. The van der Waals surface area contributed by atoms with Crippen molar-refractivity contribution in [2.45, 2.75) is 12.5 Å². The van der Waals surface area contributed by atoms with Gasteiger partial charge in [0.05, 0.1) is 26.2 Å². The van der Waals surface area contributed by atoms with E-state index in [1.807, 2.05) is 0 Å². The van der Waals surface area contributed by atoms with Gasteiger partial charge in [-0.2, -0.15) is 0 Å². The van der Waals surface area contributed by atoms with Gasteiger partial charge in [0, 0.05) is 22.3 Å². The van der Waals surface area contributed by atoms with Crippen molar-refractivity contribution in [3.63, 3.8) is 0 Å². The van der Waals surface area contributed by atoms with Crippen molar-refractivity contribution in [1.29, 1.82) is 0 Å². The summed E-state index contributed by atoms with van der Waals surface area (Å²) in [6.45, 7) is 0.547. The molecule has 0 aromatic heterocycles. The van der Waals surface area contributed by atoms with Crippen LogP contribution in [0, 0.1) is 0 Å². The number of aliphatic carboxylic acids is 1. The maximum Gasteiger partial charge on any atom is 0.321 e. The molecule has 9 heteroatoms. The van der Waals surface area contributed by atoms with E-state index in [-0.39, 0.29) is 32.8 Å². The normalized spacial score (nSPS) is 12.0. The predicted molar refractivity (Wildman–Crippen MR) is 87.0 cm³/mol. The molecule has 1 rings (SSSR count). The molecule has 0 fully saturated rings. The Labute approximate surface area is 143 Å². The molecule has 1 aromatic rings. The quantitative estimate of drug-likeness (QED) is 0.467. The van der Waals surface area contributed by atoms with Gasteiger partial charge in [-0.1, -0.05) is 23.2 Å². The molecule has 0 saturated heterocycles. The maximum atomic E-state index is 11.9. The van der Waals surface area contributed by atoms with Crippen LogP contribution in [-0.4, -0.2) is 54.5 Å². The molecule has 0 saturated carbocycles. The zero-order valence-electron chi connectivity index (χ0n) is 12.2. The number of carboxylic acids is 1. The molecular formula is C14H18Cl2N2O5. The molecule has 0 bridgehead atoms. The molecule has 0 radical (unpaired) electrons. The Balaban J connectivity index is 2.48. The second kappa shape index (κ2) is 10.4. The van der Waals surface area contributed by atoms with E-state index < -0.39 is 17.9 Å². The van der Waals surface area contributed by atoms with Crippen molar-refractivity contribution in [1.82, 2.24) is 5.32 Å². The number of hydrogen-bond acceptors (Lipinski definition) is 5. The number of aliphatic hydroxyl groups is 1. The lowest BCUT2D eigenvalue weighted by Gasteiger charge is -2.14. The lowest BCUT2D eigenvalue weighted by Crippen LogP contribution is -2.41. The van der Waals surface area contributed by atoms with E-state index in [0.717, 1.165) is 0 Å². The number of nitrogens with one attached hydrogen (secondary N) is 2. The molecule has 1 amide bonds. The van der Waals surface area contributed by atoms with Crippen LogP contribution in [-0.2, 0) is 14.3 Å². The summed E-state index contributed by atoms with van der Waals surface area (Å²) in [6, 6.07) is 3.49. The average molecular weight is 365 g/mol. The largest absolute Gasteiger partial charge is 0.480 e. The number of halogens is 2. The van der Waals surface area contributed by atoms with E-state index in [0.29, 0.717) is 15.7 Å². The van der Waals surface area contributed by atoms with Gasteiger partial charge >= 0.3 is 5.97 Å². The van der Waals surface area contributed by atoms with Crippen LogP contribution >= 0.6 is 23.2 Å².